The molecule has 1 fully saturated rings. The first-order valence-corrected chi connectivity index (χ1v) is 6.26. The molecule has 1 atom stereocenters. The Morgan fingerprint density at radius 3 is 2.88 bits per heavy atom. The fraction of sp³-hybridized carbons (Fsp3) is 0.750. The van der Waals surface area contributed by atoms with E-state index < -0.39 is 0 Å². The zero-order valence-electron chi connectivity index (χ0n) is 10.3. The van der Waals surface area contributed by atoms with Crippen molar-refractivity contribution in [1.29, 1.82) is 0 Å². The van der Waals surface area contributed by atoms with Gasteiger partial charge in [0.1, 0.15) is 0 Å². The van der Waals surface area contributed by atoms with Crippen LogP contribution < -0.4 is 16.0 Å². The number of carbonyl (C=O) groups excluding carboxylic acids is 1. The van der Waals surface area contributed by atoms with Crippen molar-refractivity contribution in [1.82, 2.24) is 16.0 Å². The summed E-state index contributed by atoms with van der Waals surface area (Å²) in [5, 5.41) is 18.5. The summed E-state index contributed by atoms with van der Waals surface area (Å²) in [6.45, 7) is 7.08. The Kier molecular flexibility index (Phi) is 6.65. The summed E-state index contributed by atoms with van der Waals surface area (Å²) in [4.78, 5) is 11.4. The molecule has 0 aromatic carbocycles. The van der Waals surface area contributed by atoms with Crippen LogP contribution in [0.25, 0.3) is 0 Å². The van der Waals surface area contributed by atoms with E-state index in [0.29, 0.717) is 31.8 Å². The third kappa shape index (κ3) is 6.97. The van der Waals surface area contributed by atoms with E-state index in [9.17, 15) is 4.79 Å². The van der Waals surface area contributed by atoms with Gasteiger partial charge in [-0.1, -0.05) is 6.58 Å². The highest BCUT2D eigenvalue weighted by Crippen LogP contribution is 2.01. The molecule has 0 aromatic heterocycles. The van der Waals surface area contributed by atoms with Crippen LogP contribution in [-0.2, 0) is 4.79 Å². The maximum atomic E-state index is 11.4. The van der Waals surface area contributed by atoms with E-state index in [0.717, 1.165) is 26.1 Å². The van der Waals surface area contributed by atoms with Crippen LogP contribution in [-0.4, -0.2) is 43.2 Å². The summed E-state index contributed by atoms with van der Waals surface area (Å²) in [6, 6.07) is 0.460. The minimum absolute atomic E-state index is 0.0509. The quantitative estimate of drug-likeness (QED) is 0.484. The molecule has 0 radical (unpaired) electrons. The molecular formula is C12H23N3O2. The molecule has 1 rings (SSSR count). The zero-order valence-corrected chi connectivity index (χ0v) is 10.3. The molecule has 5 nitrogen and oxygen atoms in total. The minimum atomic E-state index is 0.0509. The molecule has 5 heteroatoms. The van der Waals surface area contributed by atoms with Crippen LogP contribution in [0.3, 0.4) is 0 Å². The van der Waals surface area contributed by atoms with Gasteiger partial charge in [-0.3, -0.25) is 4.79 Å². The summed E-state index contributed by atoms with van der Waals surface area (Å²) < 4.78 is 0. The molecule has 0 aliphatic carbocycles. The van der Waals surface area contributed by atoms with Gasteiger partial charge in [-0.15, -0.1) is 0 Å². The number of hydrogen-bond donors (Lipinski definition) is 4. The minimum Gasteiger partial charge on any atom is -0.513 e. The van der Waals surface area contributed by atoms with E-state index in [1.807, 2.05) is 0 Å². The molecule has 0 aromatic rings. The van der Waals surface area contributed by atoms with Gasteiger partial charge in [0, 0.05) is 45.1 Å². The van der Waals surface area contributed by atoms with Gasteiger partial charge in [-0.25, -0.2) is 0 Å². The van der Waals surface area contributed by atoms with Crippen molar-refractivity contribution in [3.05, 3.63) is 12.3 Å². The van der Waals surface area contributed by atoms with Crippen LogP contribution in [0.2, 0.25) is 0 Å². The maximum absolute atomic E-state index is 11.4. The van der Waals surface area contributed by atoms with Crippen molar-refractivity contribution in [3.63, 3.8) is 0 Å². The van der Waals surface area contributed by atoms with Crippen LogP contribution in [0.5, 0.6) is 0 Å². The Hall–Kier alpha value is -1.07. The van der Waals surface area contributed by atoms with Crippen molar-refractivity contribution >= 4 is 5.91 Å². The predicted molar refractivity (Wildman–Crippen MR) is 67.9 cm³/mol. The molecule has 1 unspecified atom stereocenters. The van der Waals surface area contributed by atoms with E-state index in [-0.39, 0.29) is 11.7 Å². The second-order valence-corrected chi connectivity index (χ2v) is 4.41. The highest BCUT2D eigenvalue weighted by molar-refractivity contribution is 5.75. The van der Waals surface area contributed by atoms with Crippen molar-refractivity contribution in [3.8, 4) is 0 Å². The summed E-state index contributed by atoms with van der Waals surface area (Å²) in [7, 11) is 0. The van der Waals surface area contributed by atoms with E-state index in [2.05, 4.69) is 22.5 Å². The lowest BCUT2D eigenvalue weighted by Gasteiger charge is -2.24. The zero-order chi connectivity index (χ0) is 12.5. The van der Waals surface area contributed by atoms with Crippen LogP contribution in [0.4, 0.5) is 0 Å². The van der Waals surface area contributed by atoms with Crippen molar-refractivity contribution in [2.45, 2.75) is 31.7 Å². The average Bonchev–Trinajstić information content (AvgIpc) is 2.30. The Labute approximate surface area is 103 Å². The monoisotopic (exact) mass is 241 g/mol. The molecular weight excluding hydrogens is 218 g/mol. The lowest BCUT2D eigenvalue weighted by atomic mass is 10.1. The molecule has 1 amide bonds. The Morgan fingerprint density at radius 2 is 2.24 bits per heavy atom. The molecule has 1 saturated heterocycles. The molecule has 98 valence electrons. The second-order valence-electron chi connectivity index (χ2n) is 4.41. The first-order valence-electron chi connectivity index (χ1n) is 6.26. The van der Waals surface area contributed by atoms with Crippen LogP contribution in [0.1, 0.15) is 25.7 Å². The number of rotatable bonds is 7. The highest BCUT2D eigenvalue weighted by Gasteiger charge is 2.11. The van der Waals surface area contributed by atoms with Gasteiger partial charge in [-0.05, 0) is 12.8 Å². The molecule has 1 heterocycles. The van der Waals surface area contributed by atoms with Gasteiger partial charge in [-0.2, -0.15) is 0 Å². The molecule has 0 spiro atoms. The van der Waals surface area contributed by atoms with E-state index >= 15 is 0 Å². The molecule has 0 saturated carbocycles. The summed E-state index contributed by atoms with van der Waals surface area (Å²) >= 11 is 0. The standard InChI is InChI=1S/C12H23N3O2/c1-10(16)3-2-4-12(17)15-6-5-11-9-13-7-8-14-11/h11,13-14,16H,1-9H2,(H,15,17). The fourth-order valence-electron chi connectivity index (χ4n) is 1.84. The molecule has 1 aliphatic heterocycles. The third-order valence-electron chi connectivity index (χ3n) is 2.81. The fourth-order valence-corrected chi connectivity index (χ4v) is 1.84. The summed E-state index contributed by atoms with van der Waals surface area (Å²) in [6.07, 6.45) is 2.56. The number of allylic oxidation sites excluding steroid dienone is 1. The lowest BCUT2D eigenvalue weighted by Crippen LogP contribution is -2.49. The van der Waals surface area contributed by atoms with Crippen LogP contribution in [0.15, 0.2) is 12.3 Å². The average molecular weight is 241 g/mol. The van der Waals surface area contributed by atoms with Gasteiger partial charge in [0.25, 0.3) is 0 Å². The number of carbonyl (C=O) groups is 1. The van der Waals surface area contributed by atoms with Gasteiger partial charge in [0.05, 0.1) is 5.76 Å². The highest BCUT2D eigenvalue weighted by atomic mass is 16.3. The summed E-state index contributed by atoms with van der Waals surface area (Å²) in [5.41, 5.74) is 0. The molecule has 17 heavy (non-hydrogen) atoms. The Morgan fingerprint density at radius 1 is 1.41 bits per heavy atom. The number of aliphatic hydroxyl groups excluding tert-OH is 1. The number of hydrogen-bond acceptors (Lipinski definition) is 4. The number of aliphatic hydroxyl groups is 1. The van der Waals surface area contributed by atoms with Crippen LogP contribution >= 0.6 is 0 Å². The molecule has 4 N–H and O–H groups in total. The van der Waals surface area contributed by atoms with Gasteiger partial charge < -0.3 is 21.1 Å². The van der Waals surface area contributed by atoms with Crippen LogP contribution in [0, 0.1) is 0 Å². The molecule has 1 aliphatic rings. The smallest absolute Gasteiger partial charge is 0.220 e. The van der Waals surface area contributed by atoms with Gasteiger partial charge in [0.15, 0.2) is 0 Å². The van der Waals surface area contributed by atoms with E-state index in [1.165, 1.54) is 0 Å². The van der Waals surface area contributed by atoms with Crippen molar-refractivity contribution in [2.24, 2.45) is 0 Å². The third-order valence-corrected chi connectivity index (χ3v) is 2.81. The van der Waals surface area contributed by atoms with Crippen molar-refractivity contribution in [2.75, 3.05) is 26.2 Å². The number of piperazine rings is 1. The Bertz CT molecular complexity index is 250. The van der Waals surface area contributed by atoms with E-state index in [1.54, 1.807) is 0 Å². The topological polar surface area (TPSA) is 73.4 Å². The van der Waals surface area contributed by atoms with Crippen molar-refractivity contribution < 1.29 is 9.90 Å². The normalized spacial score (nSPS) is 19.9. The first kappa shape index (κ1) is 14.0. The largest absolute Gasteiger partial charge is 0.513 e. The Balaban J connectivity index is 1.97. The number of amides is 1. The van der Waals surface area contributed by atoms with Gasteiger partial charge in [0.2, 0.25) is 5.91 Å². The van der Waals surface area contributed by atoms with E-state index in [4.69, 9.17) is 5.11 Å². The first-order chi connectivity index (χ1) is 8.18. The lowest BCUT2D eigenvalue weighted by molar-refractivity contribution is -0.121. The van der Waals surface area contributed by atoms with Gasteiger partial charge >= 0.3 is 0 Å². The SMILES string of the molecule is C=C(O)CCCC(=O)NCCC1CNCCN1. The molecule has 0 bridgehead atoms. The second kappa shape index (κ2) is 8.08. The predicted octanol–water partition coefficient (Wildman–Crippen LogP) is 0.296. The summed E-state index contributed by atoms with van der Waals surface area (Å²) in [5.74, 6) is 0.199. The number of nitrogens with one attached hydrogen (secondary N) is 3. The maximum Gasteiger partial charge on any atom is 0.220 e.